The van der Waals surface area contributed by atoms with Crippen molar-refractivity contribution in [2.24, 2.45) is 0 Å². The van der Waals surface area contributed by atoms with Gasteiger partial charge in [0.25, 0.3) is 0 Å². The maximum Gasteiger partial charge on any atom is 0.115 e. The number of unbranched alkanes of at least 4 members (excludes halogenated alkanes) is 1. The summed E-state index contributed by atoms with van der Waals surface area (Å²) in [7, 11) is 0. The Balaban J connectivity index is 1.63. The SMILES string of the molecule is CC(NCCCCn1ccnc1)c1ccc(O)cc1. The summed E-state index contributed by atoms with van der Waals surface area (Å²) in [5.41, 5.74) is 1.20. The maximum atomic E-state index is 9.25. The fourth-order valence-electron chi connectivity index (χ4n) is 2.04. The van der Waals surface area contributed by atoms with Crippen molar-refractivity contribution < 1.29 is 5.11 Å². The molecule has 0 aliphatic carbocycles. The van der Waals surface area contributed by atoms with Gasteiger partial charge < -0.3 is 15.0 Å². The van der Waals surface area contributed by atoms with E-state index in [1.165, 1.54) is 5.56 Å². The Labute approximate surface area is 114 Å². The van der Waals surface area contributed by atoms with E-state index in [0.717, 1.165) is 25.9 Å². The van der Waals surface area contributed by atoms with E-state index in [0.29, 0.717) is 11.8 Å². The fraction of sp³-hybridized carbons (Fsp3) is 0.400. The van der Waals surface area contributed by atoms with Crippen LogP contribution in [0.1, 0.15) is 31.4 Å². The molecule has 1 aromatic heterocycles. The van der Waals surface area contributed by atoms with Crippen LogP contribution in [0.5, 0.6) is 5.75 Å². The summed E-state index contributed by atoms with van der Waals surface area (Å²) < 4.78 is 2.10. The highest BCUT2D eigenvalue weighted by Gasteiger charge is 2.03. The summed E-state index contributed by atoms with van der Waals surface area (Å²) in [6.45, 7) is 4.16. The Hall–Kier alpha value is -1.81. The van der Waals surface area contributed by atoms with Gasteiger partial charge in [0.2, 0.25) is 0 Å². The third kappa shape index (κ3) is 4.41. The summed E-state index contributed by atoms with van der Waals surface area (Å²) in [5.74, 6) is 0.316. The molecule has 0 aliphatic rings. The van der Waals surface area contributed by atoms with Crippen LogP contribution in [0.25, 0.3) is 0 Å². The minimum atomic E-state index is 0.314. The largest absolute Gasteiger partial charge is 0.508 e. The van der Waals surface area contributed by atoms with Crippen LogP contribution in [-0.4, -0.2) is 21.2 Å². The van der Waals surface area contributed by atoms with Crippen LogP contribution < -0.4 is 5.32 Å². The fourth-order valence-corrected chi connectivity index (χ4v) is 2.04. The van der Waals surface area contributed by atoms with Gasteiger partial charge in [-0.3, -0.25) is 0 Å². The predicted molar refractivity (Wildman–Crippen MR) is 76.0 cm³/mol. The third-order valence-corrected chi connectivity index (χ3v) is 3.25. The smallest absolute Gasteiger partial charge is 0.115 e. The van der Waals surface area contributed by atoms with Gasteiger partial charge in [-0.05, 0) is 44.0 Å². The molecule has 4 nitrogen and oxygen atoms in total. The highest BCUT2D eigenvalue weighted by atomic mass is 16.3. The van der Waals surface area contributed by atoms with E-state index >= 15 is 0 Å². The lowest BCUT2D eigenvalue weighted by Gasteiger charge is -2.14. The van der Waals surface area contributed by atoms with Crippen molar-refractivity contribution in [1.29, 1.82) is 0 Å². The van der Waals surface area contributed by atoms with E-state index in [4.69, 9.17) is 0 Å². The van der Waals surface area contributed by atoms with Gasteiger partial charge >= 0.3 is 0 Å². The van der Waals surface area contributed by atoms with Gasteiger partial charge in [0, 0.05) is 25.0 Å². The monoisotopic (exact) mass is 259 g/mol. The minimum Gasteiger partial charge on any atom is -0.508 e. The molecule has 0 bridgehead atoms. The number of phenolic OH excluding ortho intramolecular Hbond substituents is 1. The van der Waals surface area contributed by atoms with Crippen LogP contribution in [-0.2, 0) is 6.54 Å². The summed E-state index contributed by atoms with van der Waals surface area (Å²) in [6, 6.07) is 7.68. The number of nitrogens with zero attached hydrogens (tertiary/aromatic N) is 2. The molecule has 2 rings (SSSR count). The molecule has 0 saturated carbocycles. The van der Waals surface area contributed by atoms with Gasteiger partial charge in [-0.15, -0.1) is 0 Å². The van der Waals surface area contributed by atoms with Crippen LogP contribution in [0.15, 0.2) is 43.0 Å². The number of nitrogens with one attached hydrogen (secondary N) is 1. The Morgan fingerprint density at radius 3 is 2.74 bits per heavy atom. The molecule has 102 valence electrons. The molecule has 0 fully saturated rings. The molecule has 1 heterocycles. The van der Waals surface area contributed by atoms with E-state index in [-0.39, 0.29) is 0 Å². The van der Waals surface area contributed by atoms with Gasteiger partial charge in [0.1, 0.15) is 5.75 Å². The average Bonchev–Trinajstić information content (AvgIpc) is 2.92. The molecular formula is C15H21N3O. The van der Waals surface area contributed by atoms with Crippen LogP contribution in [0.3, 0.4) is 0 Å². The summed E-state index contributed by atoms with van der Waals surface area (Å²) in [6.07, 6.45) is 7.94. The normalized spacial score (nSPS) is 12.5. The zero-order chi connectivity index (χ0) is 13.5. The molecule has 1 atom stereocenters. The molecule has 0 aliphatic heterocycles. The Morgan fingerprint density at radius 1 is 1.26 bits per heavy atom. The number of aromatic hydroxyl groups is 1. The molecule has 0 amide bonds. The number of aryl methyl sites for hydroxylation is 1. The van der Waals surface area contributed by atoms with Crippen LogP contribution >= 0.6 is 0 Å². The van der Waals surface area contributed by atoms with E-state index in [9.17, 15) is 5.11 Å². The molecular weight excluding hydrogens is 238 g/mol. The first-order valence-corrected chi connectivity index (χ1v) is 6.74. The zero-order valence-corrected chi connectivity index (χ0v) is 11.3. The maximum absolute atomic E-state index is 9.25. The second kappa shape index (κ2) is 6.95. The van der Waals surface area contributed by atoms with Crippen LogP contribution in [0.2, 0.25) is 0 Å². The highest BCUT2D eigenvalue weighted by Crippen LogP contribution is 2.16. The van der Waals surface area contributed by atoms with Crippen molar-refractivity contribution in [2.75, 3.05) is 6.54 Å². The van der Waals surface area contributed by atoms with E-state index in [2.05, 4.69) is 21.8 Å². The predicted octanol–water partition coefficient (Wildman–Crippen LogP) is 2.72. The second-order valence-corrected chi connectivity index (χ2v) is 4.77. The lowest BCUT2D eigenvalue weighted by atomic mass is 10.1. The first kappa shape index (κ1) is 13.6. The summed E-state index contributed by atoms with van der Waals surface area (Å²) >= 11 is 0. The summed E-state index contributed by atoms with van der Waals surface area (Å²) in [5, 5.41) is 12.7. The molecule has 2 N–H and O–H groups in total. The Morgan fingerprint density at radius 2 is 2.05 bits per heavy atom. The number of phenols is 1. The quantitative estimate of drug-likeness (QED) is 0.752. The molecule has 1 aromatic carbocycles. The molecule has 2 aromatic rings. The van der Waals surface area contributed by atoms with E-state index in [1.807, 2.05) is 30.9 Å². The van der Waals surface area contributed by atoms with Crippen molar-refractivity contribution in [3.8, 4) is 5.75 Å². The average molecular weight is 259 g/mol. The first-order valence-electron chi connectivity index (χ1n) is 6.74. The van der Waals surface area contributed by atoms with Crippen LogP contribution in [0, 0.1) is 0 Å². The number of hydrogen-bond donors (Lipinski definition) is 2. The number of hydrogen-bond acceptors (Lipinski definition) is 3. The molecule has 0 radical (unpaired) electrons. The van der Waals surface area contributed by atoms with Crippen molar-refractivity contribution in [3.05, 3.63) is 48.5 Å². The van der Waals surface area contributed by atoms with Gasteiger partial charge in [-0.2, -0.15) is 0 Å². The molecule has 0 saturated heterocycles. The van der Waals surface area contributed by atoms with Crippen molar-refractivity contribution in [3.63, 3.8) is 0 Å². The topological polar surface area (TPSA) is 50.1 Å². The second-order valence-electron chi connectivity index (χ2n) is 4.77. The Kier molecular flexibility index (Phi) is 4.98. The van der Waals surface area contributed by atoms with E-state index < -0.39 is 0 Å². The van der Waals surface area contributed by atoms with Crippen LogP contribution in [0.4, 0.5) is 0 Å². The van der Waals surface area contributed by atoms with Crippen molar-refractivity contribution in [1.82, 2.24) is 14.9 Å². The van der Waals surface area contributed by atoms with E-state index in [1.54, 1.807) is 12.1 Å². The Bertz CT molecular complexity index is 465. The van der Waals surface area contributed by atoms with Gasteiger partial charge in [-0.25, -0.2) is 4.98 Å². The van der Waals surface area contributed by atoms with Gasteiger partial charge in [-0.1, -0.05) is 12.1 Å². The zero-order valence-electron chi connectivity index (χ0n) is 11.3. The van der Waals surface area contributed by atoms with Crippen molar-refractivity contribution >= 4 is 0 Å². The number of benzene rings is 1. The lowest BCUT2D eigenvalue weighted by Crippen LogP contribution is -2.20. The molecule has 1 unspecified atom stereocenters. The minimum absolute atomic E-state index is 0.314. The number of aromatic nitrogens is 2. The molecule has 4 heteroatoms. The molecule has 0 spiro atoms. The third-order valence-electron chi connectivity index (χ3n) is 3.25. The standard InChI is InChI=1S/C15H21N3O/c1-13(14-4-6-15(19)7-5-14)17-8-2-3-10-18-11-9-16-12-18/h4-7,9,11-13,17,19H,2-3,8,10H2,1H3. The highest BCUT2D eigenvalue weighted by molar-refractivity contribution is 5.27. The molecule has 19 heavy (non-hydrogen) atoms. The number of imidazole rings is 1. The van der Waals surface area contributed by atoms with Gasteiger partial charge in [0.05, 0.1) is 6.33 Å². The number of rotatable bonds is 7. The first-order chi connectivity index (χ1) is 9.25. The van der Waals surface area contributed by atoms with Gasteiger partial charge in [0.15, 0.2) is 0 Å². The van der Waals surface area contributed by atoms with Crippen molar-refractivity contribution in [2.45, 2.75) is 32.4 Å². The summed E-state index contributed by atoms with van der Waals surface area (Å²) in [4.78, 5) is 4.02. The lowest BCUT2D eigenvalue weighted by molar-refractivity contribution is 0.474.